The lowest BCUT2D eigenvalue weighted by molar-refractivity contribution is 0.712. The fourth-order valence-electron chi connectivity index (χ4n) is 7.35. The van der Waals surface area contributed by atoms with Crippen molar-refractivity contribution in [2.75, 3.05) is 0 Å². The van der Waals surface area contributed by atoms with Crippen LogP contribution in [0, 0.1) is 13.8 Å². The molecule has 0 saturated heterocycles. The van der Waals surface area contributed by atoms with E-state index in [2.05, 4.69) is 124 Å². The average molecular weight is 477 g/mol. The Morgan fingerprint density at radius 1 is 0.595 bits per heavy atom. The maximum Gasteiger partial charge on any atom is 0.0721 e. The highest BCUT2D eigenvalue weighted by atomic mass is 14.5. The van der Waals surface area contributed by atoms with E-state index in [1.165, 1.54) is 72.3 Å². The Hall–Kier alpha value is -3.90. The molecule has 0 N–H and O–H groups in total. The molecule has 7 rings (SSSR count). The zero-order valence-electron chi connectivity index (χ0n) is 21.9. The Morgan fingerprint density at radius 3 is 1.95 bits per heavy atom. The lowest BCUT2D eigenvalue weighted by atomic mass is 9.60. The first-order chi connectivity index (χ1) is 18.1. The molecule has 5 aromatic carbocycles. The largest absolute Gasteiger partial charge is 0.0721 e. The van der Waals surface area contributed by atoms with Crippen molar-refractivity contribution in [3.63, 3.8) is 0 Å². The molecular formula is C37H32. The zero-order chi connectivity index (χ0) is 25.1. The maximum absolute atomic E-state index is 2.49. The first-order valence-electron chi connectivity index (χ1n) is 13.6. The van der Waals surface area contributed by atoms with E-state index in [1.807, 2.05) is 0 Å². The second kappa shape index (κ2) is 8.32. The predicted molar refractivity (Wildman–Crippen MR) is 155 cm³/mol. The first kappa shape index (κ1) is 22.3. The van der Waals surface area contributed by atoms with Crippen LogP contribution in [0.15, 0.2) is 103 Å². The van der Waals surface area contributed by atoms with Gasteiger partial charge in [0.2, 0.25) is 0 Å². The average Bonchev–Trinajstić information content (AvgIpc) is 3.19. The minimum Gasteiger partial charge on any atom is -0.0620 e. The van der Waals surface area contributed by atoms with Gasteiger partial charge in [-0.1, -0.05) is 121 Å². The van der Waals surface area contributed by atoms with Crippen molar-refractivity contribution in [2.24, 2.45) is 0 Å². The summed E-state index contributed by atoms with van der Waals surface area (Å²) in [6.07, 6.45) is 2.98. The molecule has 0 saturated carbocycles. The molecule has 0 aliphatic heterocycles. The lowest BCUT2D eigenvalue weighted by Crippen LogP contribution is -2.35. The van der Waals surface area contributed by atoms with Crippen LogP contribution >= 0.6 is 0 Å². The van der Waals surface area contributed by atoms with Crippen LogP contribution in [0.4, 0.5) is 0 Å². The third-order valence-electron chi connectivity index (χ3n) is 8.60. The molecular weight excluding hydrogens is 444 g/mol. The Bertz CT molecular complexity index is 1620. The van der Waals surface area contributed by atoms with Crippen molar-refractivity contribution < 1.29 is 0 Å². The van der Waals surface area contributed by atoms with Crippen LogP contribution in [-0.2, 0) is 24.7 Å². The third kappa shape index (κ3) is 3.22. The Kier molecular flexibility index (Phi) is 5.01. The van der Waals surface area contributed by atoms with Crippen molar-refractivity contribution in [2.45, 2.75) is 45.4 Å². The molecule has 0 aromatic heterocycles. The number of hydrogen-bond acceptors (Lipinski definition) is 0. The molecule has 0 heterocycles. The van der Waals surface area contributed by atoms with E-state index in [0.717, 1.165) is 19.3 Å². The highest BCUT2D eigenvalue weighted by Gasteiger charge is 2.50. The maximum atomic E-state index is 2.49. The molecule has 5 aromatic rings. The quantitative estimate of drug-likeness (QED) is 0.239. The summed E-state index contributed by atoms with van der Waals surface area (Å²) in [4.78, 5) is 0. The van der Waals surface area contributed by atoms with E-state index < -0.39 is 0 Å². The molecule has 2 aliphatic rings. The second-order valence-electron chi connectivity index (χ2n) is 11.0. The van der Waals surface area contributed by atoms with E-state index in [-0.39, 0.29) is 5.41 Å². The molecule has 0 bridgehead atoms. The van der Waals surface area contributed by atoms with E-state index in [0.29, 0.717) is 0 Å². The number of rotatable bonds is 3. The molecule has 0 unspecified atom stereocenters. The standard InChI is InChI=1S/C37H32/c1-4-28-12-9-13-31-32-22-26(21-27-19-24(2)18-25(3)20-27)16-17-35(32)37(36(28)31)33-14-7-5-10-29(33)23-30-11-6-8-15-34(30)37/h5-20,22H,4,21,23H2,1-3H3. The molecule has 0 amide bonds. The van der Waals surface area contributed by atoms with Crippen LogP contribution in [0.1, 0.15) is 68.1 Å². The second-order valence-corrected chi connectivity index (χ2v) is 11.0. The summed E-state index contributed by atoms with van der Waals surface area (Å²) in [7, 11) is 0. The predicted octanol–water partition coefficient (Wildman–Crippen LogP) is 8.72. The Morgan fingerprint density at radius 2 is 1.27 bits per heavy atom. The summed E-state index contributed by atoms with van der Waals surface area (Å²) >= 11 is 0. The van der Waals surface area contributed by atoms with Crippen LogP contribution in [0.3, 0.4) is 0 Å². The van der Waals surface area contributed by atoms with Crippen molar-refractivity contribution >= 4 is 0 Å². The van der Waals surface area contributed by atoms with E-state index >= 15 is 0 Å². The Balaban J connectivity index is 1.53. The summed E-state index contributed by atoms with van der Waals surface area (Å²) in [6.45, 7) is 6.70. The van der Waals surface area contributed by atoms with Gasteiger partial charge < -0.3 is 0 Å². The molecule has 0 heteroatoms. The third-order valence-corrected chi connectivity index (χ3v) is 8.60. The number of fused-ring (bicyclic) bond motifs is 9. The SMILES string of the molecule is CCc1cccc2c1C1(c3ccccc3Cc3ccccc31)c1ccc(Cc3cc(C)cc(C)c3)cc1-2. The molecule has 0 radical (unpaired) electrons. The summed E-state index contributed by atoms with van der Waals surface area (Å²) in [5.41, 5.74) is 18.2. The fourth-order valence-corrected chi connectivity index (χ4v) is 7.35. The van der Waals surface area contributed by atoms with Crippen molar-refractivity contribution in [3.05, 3.63) is 164 Å². The van der Waals surface area contributed by atoms with E-state index in [9.17, 15) is 0 Å². The van der Waals surface area contributed by atoms with Crippen LogP contribution in [0.5, 0.6) is 0 Å². The van der Waals surface area contributed by atoms with Gasteiger partial charge in [-0.05, 0) is 94.3 Å². The lowest BCUT2D eigenvalue weighted by Gasteiger charge is -2.41. The van der Waals surface area contributed by atoms with E-state index in [4.69, 9.17) is 0 Å². The minimum absolute atomic E-state index is 0.263. The minimum atomic E-state index is -0.263. The van der Waals surface area contributed by atoms with Gasteiger partial charge in [-0.25, -0.2) is 0 Å². The monoisotopic (exact) mass is 476 g/mol. The van der Waals surface area contributed by atoms with Crippen LogP contribution in [0.25, 0.3) is 11.1 Å². The van der Waals surface area contributed by atoms with Crippen molar-refractivity contribution in [1.29, 1.82) is 0 Å². The van der Waals surface area contributed by atoms with Gasteiger partial charge in [0.1, 0.15) is 0 Å². The van der Waals surface area contributed by atoms with Gasteiger partial charge in [-0.3, -0.25) is 0 Å². The normalized spacial score (nSPS) is 14.1. The molecule has 0 atom stereocenters. The van der Waals surface area contributed by atoms with Crippen molar-refractivity contribution in [1.82, 2.24) is 0 Å². The summed E-state index contributed by atoms with van der Waals surface area (Å²) in [5.74, 6) is 0. The van der Waals surface area contributed by atoms with Gasteiger partial charge in [-0.2, -0.15) is 0 Å². The highest BCUT2D eigenvalue weighted by molar-refractivity contribution is 5.89. The summed E-state index contributed by atoms with van der Waals surface area (Å²) in [6, 6.07) is 39.6. The Labute approximate surface area is 220 Å². The van der Waals surface area contributed by atoms with Gasteiger partial charge in [-0.15, -0.1) is 0 Å². The number of aryl methyl sites for hydroxylation is 3. The number of hydrogen-bond donors (Lipinski definition) is 0. The van der Waals surface area contributed by atoms with Gasteiger partial charge in [0.05, 0.1) is 5.41 Å². The summed E-state index contributed by atoms with van der Waals surface area (Å²) in [5, 5.41) is 0. The molecule has 180 valence electrons. The van der Waals surface area contributed by atoms with E-state index in [1.54, 1.807) is 0 Å². The van der Waals surface area contributed by atoms with Gasteiger partial charge in [0.15, 0.2) is 0 Å². The smallest absolute Gasteiger partial charge is 0.0620 e. The first-order valence-corrected chi connectivity index (χ1v) is 13.6. The van der Waals surface area contributed by atoms with Gasteiger partial charge in [0, 0.05) is 0 Å². The summed E-state index contributed by atoms with van der Waals surface area (Å²) < 4.78 is 0. The molecule has 2 aliphatic carbocycles. The van der Waals surface area contributed by atoms with Crippen LogP contribution in [0.2, 0.25) is 0 Å². The molecule has 0 nitrogen and oxygen atoms in total. The molecule has 1 spiro atoms. The molecule has 37 heavy (non-hydrogen) atoms. The fraction of sp³-hybridized carbons (Fsp3) is 0.189. The molecule has 0 fully saturated rings. The van der Waals surface area contributed by atoms with Gasteiger partial charge in [0.25, 0.3) is 0 Å². The van der Waals surface area contributed by atoms with Crippen LogP contribution in [-0.4, -0.2) is 0 Å². The number of benzene rings is 5. The van der Waals surface area contributed by atoms with Crippen molar-refractivity contribution in [3.8, 4) is 11.1 Å². The highest BCUT2D eigenvalue weighted by Crippen LogP contribution is 2.60. The van der Waals surface area contributed by atoms with Crippen LogP contribution < -0.4 is 0 Å². The zero-order valence-corrected chi connectivity index (χ0v) is 21.9. The van der Waals surface area contributed by atoms with Gasteiger partial charge >= 0.3 is 0 Å². The topological polar surface area (TPSA) is 0 Å².